The second kappa shape index (κ2) is 8.67. The molecule has 0 radical (unpaired) electrons. The van der Waals surface area contributed by atoms with E-state index >= 15 is 0 Å². The molecule has 0 bridgehead atoms. The molecular formula is C18H23ClF3N3O3. The Morgan fingerprint density at radius 1 is 0.964 bits per heavy atom. The van der Waals surface area contributed by atoms with Gasteiger partial charge < -0.3 is 20.3 Å². The van der Waals surface area contributed by atoms with Crippen LogP contribution in [0.15, 0.2) is 24.3 Å². The molecule has 2 N–H and O–H groups in total. The number of benzene rings is 1. The van der Waals surface area contributed by atoms with Crippen molar-refractivity contribution >= 4 is 24.2 Å². The first-order valence-corrected chi connectivity index (χ1v) is 8.83. The summed E-state index contributed by atoms with van der Waals surface area (Å²) in [6, 6.07) is 4.16. The van der Waals surface area contributed by atoms with Gasteiger partial charge >= 0.3 is 6.18 Å². The minimum atomic E-state index is -4.43. The SMILES string of the molecule is Cl.NC1(C(=O)N2CCN(C(=O)c3ccc(C(F)(F)F)cc3)CC2)CCOCC1. The number of alkyl halides is 3. The van der Waals surface area contributed by atoms with Gasteiger partial charge in [0.05, 0.1) is 11.1 Å². The minimum Gasteiger partial charge on any atom is -0.381 e. The molecule has 3 rings (SSSR count). The fourth-order valence-electron chi connectivity index (χ4n) is 3.36. The first kappa shape index (κ1) is 22.4. The highest BCUT2D eigenvalue weighted by molar-refractivity contribution is 5.94. The summed E-state index contributed by atoms with van der Waals surface area (Å²) in [5, 5.41) is 0. The van der Waals surface area contributed by atoms with Crippen LogP contribution in [0.25, 0.3) is 0 Å². The number of hydrogen-bond donors (Lipinski definition) is 1. The molecule has 28 heavy (non-hydrogen) atoms. The third kappa shape index (κ3) is 4.76. The monoisotopic (exact) mass is 421 g/mol. The van der Waals surface area contributed by atoms with Gasteiger partial charge in [0.2, 0.25) is 5.91 Å². The first-order valence-electron chi connectivity index (χ1n) is 8.83. The lowest BCUT2D eigenvalue weighted by molar-refractivity contribution is -0.142. The summed E-state index contributed by atoms with van der Waals surface area (Å²) in [5.41, 5.74) is 4.71. The van der Waals surface area contributed by atoms with E-state index in [1.54, 1.807) is 9.80 Å². The lowest BCUT2D eigenvalue weighted by atomic mass is 9.89. The van der Waals surface area contributed by atoms with E-state index in [1.807, 2.05) is 0 Å². The molecule has 10 heteroatoms. The summed E-state index contributed by atoms with van der Waals surface area (Å²) in [5.74, 6) is -0.475. The predicted octanol–water partition coefficient (Wildman–Crippen LogP) is 1.92. The van der Waals surface area contributed by atoms with E-state index in [2.05, 4.69) is 0 Å². The largest absolute Gasteiger partial charge is 0.416 e. The fourth-order valence-corrected chi connectivity index (χ4v) is 3.36. The van der Waals surface area contributed by atoms with Gasteiger partial charge in [-0.3, -0.25) is 9.59 Å². The van der Waals surface area contributed by atoms with Gasteiger partial charge in [-0.15, -0.1) is 12.4 Å². The number of piperazine rings is 1. The van der Waals surface area contributed by atoms with Crippen molar-refractivity contribution in [1.29, 1.82) is 0 Å². The zero-order chi connectivity index (χ0) is 19.7. The second-order valence-electron chi connectivity index (χ2n) is 6.93. The predicted molar refractivity (Wildman–Crippen MR) is 98.1 cm³/mol. The summed E-state index contributed by atoms with van der Waals surface area (Å²) >= 11 is 0. The van der Waals surface area contributed by atoms with Crippen molar-refractivity contribution in [3.05, 3.63) is 35.4 Å². The smallest absolute Gasteiger partial charge is 0.381 e. The van der Waals surface area contributed by atoms with Gasteiger partial charge in [-0.05, 0) is 37.1 Å². The summed E-state index contributed by atoms with van der Waals surface area (Å²) in [6.07, 6.45) is -3.50. The fraction of sp³-hybridized carbons (Fsp3) is 0.556. The van der Waals surface area contributed by atoms with Gasteiger partial charge in [0.1, 0.15) is 0 Å². The number of nitrogens with zero attached hydrogens (tertiary/aromatic N) is 2. The van der Waals surface area contributed by atoms with E-state index in [4.69, 9.17) is 10.5 Å². The number of hydrogen-bond acceptors (Lipinski definition) is 4. The van der Waals surface area contributed by atoms with E-state index in [1.165, 1.54) is 12.1 Å². The number of rotatable bonds is 2. The maximum absolute atomic E-state index is 12.7. The third-order valence-electron chi connectivity index (χ3n) is 5.12. The molecule has 6 nitrogen and oxygen atoms in total. The summed E-state index contributed by atoms with van der Waals surface area (Å²) < 4.78 is 43.1. The molecule has 156 valence electrons. The molecule has 0 aliphatic carbocycles. The Labute approximate surface area is 167 Å². The molecule has 0 aromatic heterocycles. The Balaban J connectivity index is 0.00000280. The average Bonchev–Trinajstić information content (AvgIpc) is 2.67. The van der Waals surface area contributed by atoms with Crippen LogP contribution in [0.2, 0.25) is 0 Å². The Bertz CT molecular complexity index is 698. The van der Waals surface area contributed by atoms with Crippen LogP contribution in [0.3, 0.4) is 0 Å². The molecule has 1 aromatic rings. The molecule has 2 aliphatic heterocycles. The van der Waals surface area contributed by atoms with Crippen LogP contribution < -0.4 is 5.73 Å². The highest BCUT2D eigenvalue weighted by Gasteiger charge is 2.40. The maximum atomic E-state index is 12.7. The lowest BCUT2D eigenvalue weighted by Gasteiger charge is -2.40. The zero-order valence-corrected chi connectivity index (χ0v) is 16.0. The molecule has 2 heterocycles. The highest BCUT2D eigenvalue weighted by atomic mass is 35.5. The first-order chi connectivity index (χ1) is 12.7. The second-order valence-corrected chi connectivity index (χ2v) is 6.93. The summed E-state index contributed by atoms with van der Waals surface area (Å²) in [6.45, 7) is 2.25. The van der Waals surface area contributed by atoms with E-state index in [0.717, 1.165) is 12.1 Å². The molecule has 2 fully saturated rings. The number of nitrogens with two attached hydrogens (primary N) is 1. The number of ether oxygens (including phenoxy) is 1. The third-order valence-corrected chi connectivity index (χ3v) is 5.12. The zero-order valence-electron chi connectivity index (χ0n) is 15.2. The topological polar surface area (TPSA) is 75.9 Å². The standard InChI is InChI=1S/C18H22F3N3O3.ClH/c19-18(20,21)14-3-1-13(2-4-14)15(25)23-7-9-24(10-8-23)16(26)17(22)5-11-27-12-6-17;/h1-4H,5-12,22H2;1H. The van der Waals surface area contributed by atoms with Crippen molar-refractivity contribution < 1.29 is 27.5 Å². The van der Waals surface area contributed by atoms with Crippen molar-refractivity contribution in [2.24, 2.45) is 5.73 Å². The molecule has 2 amide bonds. The van der Waals surface area contributed by atoms with Crippen LogP contribution in [0.1, 0.15) is 28.8 Å². The molecule has 0 spiro atoms. The van der Waals surface area contributed by atoms with Crippen LogP contribution in [-0.4, -0.2) is 66.5 Å². The Morgan fingerprint density at radius 3 is 1.96 bits per heavy atom. The van der Waals surface area contributed by atoms with Gasteiger partial charge in [-0.1, -0.05) is 0 Å². The number of carbonyl (C=O) groups is 2. The molecule has 2 aliphatic rings. The van der Waals surface area contributed by atoms with Gasteiger partial charge in [0, 0.05) is 45.0 Å². The van der Waals surface area contributed by atoms with Crippen LogP contribution >= 0.6 is 12.4 Å². The van der Waals surface area contributed by atoms with E-state index in [9.17, 15) is 22.8 Å². The molecule has 1 aromatic carbocycles. The Morgan fingerprint density at radius 2 is 1.46 bits per heavy atom. The number of amides is 2. The van der Waals surface area contributed by atoms with Gasteiger partial charge in [-0.2, -0.15) is 13.2 Å². The molecule has 0 atom stereocenters. The molecule has 2 saturated heterocycles. The van der Waals surface area contributed by atoms with Crippen LogP contribution in [-0.2, 0) is 15.7 Å². The summed E-state index contributed by atoms with van der Waals surface area (Å²) in [4.78, 5) is 28.4. The highest BCUT2D eigenvalue weighted by Crippen LogP contribution is 2.29. The van der Waals surface area contributed by atoms with Crippen molar-refractivity contribution in [3.8, 4) is 0 Å². The van der Waals surface area contributed by atoms with Crippen LogP contribution in [0.4, 0.5) is 13.2 Å². The van der Waals surface area contributed by atoms with Crippen molar-refractivity contribution in [2.45, 2.75) is 24.6 Å². The normalized spacial score (nSPS) is 19.7. The average molecular weight is 422 g/mol. The Kier molecular flexibility index (Phi) is 6.95. The van der Waals surface area contributed by atoms with Crippen molar-refractivity contribution in [1.82, 2.24) is 9.80 Å². The number of halogens is 4. The van der Waals surface area contributed by atoms with Crippen LogP contribution in [0, 0.1) is 0 Å². The summed E-state index contributed by atoms with van der Waals surface area (Å²) in [7, 11) is 0. The maximum Gasteiger partial charge on any atom is 0.416 e. The van der Waals surface area contributed by atoms with Gasteiger partial charge in [0.25, 0.3) is 5.91 Å². The van der Waals surface area contributed by atoms with Crippen molar-refractivity contribution in [2.75, 3.05) is 39.4 Å². The van der Waals surface area contributed by atoms with Crippen LogP contribution in [0.5, 0.6) is 0 Å². The quantitative estimate of drug-likeness (QED) is 0.791. The molecular weight excluding hydrogens is 399 g/mol. The Hall–Kier alpha value is -1.84. The van der Waals surface area contributed by atoms with E-state index in [-0.39, 0.29) is 29.8 Å². The lowest BCUT2D eigenvalue weighted by Crippen LogP contribution is -2.61. The number of carbonyl (C=O) groups excluding carboxylic acids is 2. The minimum absolute atomic E-state index is 0. The van der Waals surface area contributed by atoms with Crippen molar-refractivity contribution in [3.63, 3.8) is 0 Å². The van der Waals surface area contributed by atoms with E-state index in [0.29, 0.717) is 52.2 Å². The van der Waals surface area contributed by atoms with E-state index < -0.39 is 17.3 Å². The molecule has 0 unspecified atom stereocenters. The molecule has 0 saturated carbocycles. The van der Waals surface area contributed by atoms with Gasteiger partial charge in [-0.25, -0.2) is 0 Å². The van der Waals surface area contributed by atoms with Gasteiger partial charge in [0.15, 0.2) is 0 Å².